The van der Waals surface area contributed by atoms with Crippen molar-refractivity contribution in [1.29, 1.82) is 0 Å². The van der Waals surface area contributed by atoms with Crippen molar-refractivity contribution in [2.24, 2.45) is 23.5 Å². The zero-order valence-corrected chi connectivity index (χ0v) is 12.4. The molecule has 1 saturated heterocycles. The van der Waals surface area contributed by atoms with Crippen molar-refractivity contribution in [3.05, 3.63) is 0 Å². The Bertz CT molecular complexity index is 297. The van der Waals surface area contributed by atoms with Crippen molar-refractivity contribution in [3.63, 3.8) is 0 Å². The second-order valence-electron chi connectivity index (χ2n) is 6.94. The van der Waals surface area contributed by atoms with E-state index in [-0.39, 0.29) is 24.0 Å². The van der Waals surface area contributed by atoms with Gasteiger partial charge < -0.3 is 10.5 Å². The van der Waals surface area contributed by atoms with Crippen LogP contribution >= 0.6 is 0 Å². The van der Waals surface area contributed by atoms with Crippen LogP contribution in [-0.4, -0.2) is 18.1 Å². The van der Waals surface area contributed by atoms with Gasteiger partial charge in [-0.1, -0.05) is 46.0 Å². The summed E-state index contributed by atoms with van der Waals surface area (Å²) in [6.07, 6.45) is 9.46. The molecule has 110 valence electrons. The highest BCUT2D eigenvalue weighted by molar-refractivity contribution is 5.74. The third kappa shape index (κ3) is 4.20. The maximum atomic E-state index is 11.8. The molecule has 1 aliphatic carbocycles. The number of hydrogen-bond acceptors (Lipinski definition) is 3. The number of esters is 1. The number of cyclic esters (lactones) is 1. The summed E-state index contributed by atoms with van der Waals surface area (Å²) in [5, 5.41) is 0. The summed E-state index contributed by atoms with van der Waals surface area (Å²) in [6.45, 7) is 4.31. The Kier molecular flexibility index (Phi) is 5.26. The SMILES string of the molecule is CC(C)C[C@@H]1C[C@@H]([C@@H](N)CC2CCCCC2)OC1=O. The van der Waals surface area contributed by atoms with E-state index in [1.807, 2.05) is 0 Å². The van der Waals surface area contributed by atoms with Crippen molar-refractivity contribution in [3.8, 4) is 0 Å². The molecule has 0 amide bonds. The highest BCUT2D eigenvalue weighted by Crippen LogP contribution is 2.32. The smallest absolute Gasteiger partial charge is 0.309 e. The molecule has 2 fully saturated rings. The topological polar surface area (TPSA) is 52.3 Å². The first-order valence-electron chi connectivity index (χ1n) is 8.02. The number of ether oxygens (including phenoxy) is 1. The molecule has 0 aromatic heterocycles. The summed E-state index contributed by atoms with van der Waals surface area (Å²) < 4.78 is 5.51. The van der Waals surface area contributed by atoms with Crippen LogP contribution in [0, 0.1) is 17.8 Å². The molecule has 1 heterocycles. The van der Waals surface area contributed by atoms with E-state index >= 15 is 0 Å². The third-order valence-electron chi connectivity index (χ3n) is 4.68. The maximum absolute atomic E-state index is 11.8. The van der Waals surface area contributed by atoms with Crippen molar-refractivity contribution in [1.82, 2.24) is 0 Å². The third-order valence-corrected chi connectivity index (χ3v) is 4.68. The van der Waals surface area contributed by atoms with Crippen LogP contribution in [-0.2, 0) is 9.53 Å². The summed E-state index contributed by atoms with van der Waals surface area (Å²) >= 11 is 0. The lowest BCUT2D eigenvalue weighted by atomic mass is 9.83. The van der Waals surface area contributed by atoms with Crippen LogP contribution in [0.2, 0.25) is 0 Å². The van der Waals surface area contributed by atoms with Gasteiger partial charge in [0.1, 0.15) is 6.10 Å². The van der Waals surface area contributed by atoms with E-state index in [1.54, 1.807) is 0 Å². The highest BCUT2D eigenvalue weighted by atomic mass is 16.6. The first-order valence-corrected chi connectivity index (χ1v) is 8.02. The van der Waals surface area contributed by atoms with E-state index in [0.29, 0.717) is 5.92 Å². The lowest BCUT2D eigenvalue weighted by molar-refractivity contribution is -0.145. The predicted molar refractivity (Wildman–Crippen MR) is 76.6 cm³/mol. The molecule has 1 saturated carbocycles. The molecule has 0 radical (unpaired) electrons. The standard InChI is InChI=1S/C16H29NO2/c1-11(2)8-13-10-15(19-16(13)18)14(17)9-12-6-4-3-5-7-12/h11-15H,3-10,17H2,1-2H3/t13-,14+,15+/m1/s1. The van der Waals surface area contributed by atoms with Gasteiger partial charge >= 0.3 is 5.97 Å². The van der Waals surface area contributed by atoms with Crippen molar-refractivity contribution >= 4 is 5.97 Å². The quantitative estimate of drug-likeness (QED) is 0.778. The van der Waals surface area contributed by atoms with Gasteiger partial charge in [-0.2, -0.15) is 0 Å². The van der Waals surface area contributed by atoms with Gasteiger partial charge in [0.25, 0.3) is 0 Å². The zero-order chi connectivity index (χ0) is 13.8. The van der Waals surface area contributed by atoms with Gasteiger partial charge in [0.2, 0.25) is 0 Å². The Balaban J connectivity index is 1.79. The lowest BCUT2D eigenvalue weighted by Gasteiger charge is -2.26. The summed E-state index contributed by atoms with van der Waals surface area (Å²) in [7, 11) is 0. The molecule has 0 unspecified atom stereocenters. The average Bonchev–Trinajstić information content (AvgIpc) is 2.71. The number of rotatable bonds is 5. The summed E-state index contributed by atoms with van der Waals surface area (Å²) in [5.41, 5.74) is 6.29. The van der Waals surface area contributed by atoms with Crippen LogP contribution < -0.4 is 5.73 Å². The normalized spacial score (nSPS) is 30.6. The van der Waals surface area contributed by atoms with Crippen LogP contribution in [0.1, 0.15) is 65.2 Å². The Hall–Kier alpha value is -0.570. The highest BCUT2D eigenvalue weighted by Gasteiger charge is 2.38. The molecule has 3 nitrogen and oxygen atoms in total. The van der Waals surface area contributed by atoms with Gasteiger partial charge in [-0.15, -0.1) is 0 Å². The molecule has 1 aliphatic heterocycles. The molecule has 0 aromatic rings. The van der Waals surface area contributed by atoms with E-state index in [1.165, 1.54) is 32.1 Å². The minimum atomic E-state index is -0.0295. The molecule has 3 atom stereocenters. The first kappa shape index (κ1) is 14.8. The Morgan fingerprint density at radius 2 is 1.89 bits per heavy atom. The Morgan fingerprint density at radius 3 is 2.53 bits per heavy atom. The van der Waals surface area contributed by atoms with Crippen LogP contribution in [0.25, 0.3) is 0 Å². The average molecular weight is 267 g/mol. The molecule has 0 bridgehead atoms. The molecule has 3 heteroatoms. The summed E-state index contributed by atoms with van der Waals surface area (Å²) in [6, 6.07) is 0.0456. The van der Waals surface area contributed by atoms with Crippen LogP contribution in [0.5, 0.6) is 0 Å². The molecular weight excluding hydrogens is 238 g/mol. The monoisotopic (exact) mass is 267 g/mol. The summed E-state index contributed by atoms with van der Waals surface area (Å²) in [4.78, 5) is 11.8. The fraction of sp³-hybridized carbons (Fsp3) is 0.938. The van der Waals surface area contributed by atoms with E-state index in [4.69, 9.17) is 10.5 Å². The fourth-order valence-electron chi connectivity index (χ4n) is 3.65. The number of hydrogen-bond donors (Lipinski definition) is 1. The van der Waals surface area contributed by atoms with Gasteiger partial charge in [-0.05, 0) is 31.1 Å². The van der Waals surface area contributed by atoms with E-state index in [2.05, 4.69) is 13.8 Å². The number of carbonyl (C=O) groups is 1. The van der Waals surface area contributed by atoms with E-state index < -0.39 is 0 Å². The minimum absolute atomic E-state index is 0.0159. The van der Waals surface area contributed by atoms with Crippen molar-refractivity contribution in [2.75, 3.05) is 0 Å². The number of nitrogens with two attached hydrogens (primary N) is 1. The van der Waals surface area contributed by atoms with Gasteiger partial charge in [-0.25, -0.2) is 0 Å². The van der Waals surface area contributed by atoms with Gasteiger partial charge in [-0.3, -0.25) is 4.79 Å². The van der Waals surface area contributed by atoms with E-state index in [9.17, 15) is 4.79 Å². The molecule has 0 spiro atoms. The fourth-order valence-corrected chi connectivity index (χ4v) is 3.65. The van der Waals surface area contributed by atoms with Crippen LogP contribution in [0.4, 0.5) is 0 Å². The van der Waals surface area contributed by atoms with Gasteiger partial charge in [0.15, 0.2) is 0 Å². The summed E-state index contributed by atoms with van der Waals surface area (Å²) in [5.74, 6) is 1.37. The van der Waals surface area contributed by atoms with Crippen LogP contribution in [0.15, 0.2) is 0 Å². The first-order chi connectivity index (χ1) is 9.06. The maximum Gasteiger partial charge on any atom is 0.309 e. The molecule has 2 aliphatic rings. The van der Waals surface area contributed by atoms with Gasteiger partial charge in [0, 0.05) is 6.04 Å². The molecular formula is C16H29NO2. The van der Waals surface area contributed by atoms with Crippen molar-refractivity contribution in [2.45, 2.75) is 77.4 Å². The molecule has 2 rings (SSSR count). The second-order valence-corrected chi connectivity index (χ2v) is 6.94. The van der Waals surface area contributed by atoms with Gasteiger partial charge in [0.05, 0.1) is 5.92 Å². The number of carbonyl (C=O) groups excluding carboxylic acids is 1. The second kappa shape index (κ2) is 6.74. The molecule has 2 N–H and O–H groups in total. The predicted octanol–water partition coefficient (Wildman–Crippen LogP) is 3.26. The Labute approximate surface area is 117 Å². The molecule has 0 aromatic carbocycles. The molecule has 19 heavy (non-hydrogen) atoms. The lowest BCUT2D eigenvalue weighted by Crippen LogP contribution is -2.36. The minimum Gasteiger partial charge on any atom is -0.460 e. The van der Waals surface area contributed by atoms with E-state index in [0.717, 1.165) is 25.2 Å². The Morgan fingerprint density at radius 1 is 1.21 bits per heavy atom. The van der Waals surface area contributed by atoms with Crippen molar-refractivity contribution < 1.29 is 9.53 Å². The largest absolute Gasteiger partial charge is 0.460 e. The zero-order valence-electron chi connectivity index (χ0n) is 12.4. The van der Waals surface area contributed by atoms with Crippen LogP contribution in [0.3, 0.4) is 0 Å².